The Hall–Kier alpha value is -1.39. The molecule has 1 aliphatic heterocycles. The Morgan fingerprint density at radius 1 is 1.09 bits per heavy atom. The van der Waals surface area contributed by atoms with Crippen molar-refractivity contribution in [3.63, 3.8) is 0 Å². The van der Waals surface area contributed by atoms with Crippen LogP contribution in [-0.4, -0.2) is 66.4 Å². The van der Waals surface area contributed by atoms with Gasteiger partial charge in [-0.1, -0.05) is 38.1 Å². The number of hydrogen-bond donors (Lipinski definition) is 0. The molecule has 23 heavy (non-hydrogen) atoms. The molecule has 1 aromatic carbocycles. The van der Waals surface area contributed by atoms with Crippen molar-refractivity contribution in [2.75, 3.05) is 39.8 Å². The number of rotatable bonds is 6. The van der Waals surface area contributed by atoms with Crippen molar-refractivity contribution in [3.8, 4) is 0 Å². The first-order valence-electron chi connectivity index (χ1n) is 8.84. The van der Waals surface area contributed by atoms with Crippen molar-refractivity contribution in [1.82, 2.24) is 14.7 Å². The molecule has 1 heterocycles. The first-order chi connectivity index (χ1) is 11.0. The molecule has 0 N–H and O–H groups in total. The van der Waals surface area contributed by atoms with E-state index < -0.39 is 0 Å². The second-order valence-electron chi connectivity index (χ2n) is 6.52. The maximum Gasteiger partial charge on any atom is 0.239 e. The molecule has 0 spiro atoms. The Bertz CT molecular complexity index is 492. The van der Waals surface area contributed by atoms with Gasteiger partial charge >= 0.3 is 0 Å². The van der Waals surface area contributed by atoms with E-state index >= 15 is 0 Å². The van der Waals surface area contributed by atoms with E-state index in [1.165, 1.54) is 11.1 Å². The first kappa shape index (κ1) is 18.0. The van der Waals surface area contributed by atoms with Gasteiger partial charge in [0.15, 0.2) is 0 Å². The summed E-state index contributed by atoms with van der Waals surface area (Å²) in [6.07, 6.45) is 1.06. The molecule has 4 heteroatoms. The van der Waals surface area contributed by atoms with Crippen LogP contribution in [0.15, 0.2) is 24.3 Å². The highest BCUT2D eigenvalue weighted by molar-refractivity contribution is 5.81. The topological polar surface area (TPSA) is 26.8 Å². The van der Waals surface area contributed by atoms with Crippen LogP contribution in [0.3, 0.4) is 0 Å². The van der Waals surface area contributed by atoms with Crippen LogP contribution in [0, 0.1) is 0 Å². The second-order valence-corrected chi connectivity index (χ2v) is 6.52. The molecule has 0 saturated carbocycles. The van der Waals surface area contributed by atoms with Crippen LogP contribution in [0.5, 0.6) is 0 Å². The van der Waals surface area contributed by atoms with Crippen LogP contribution in [0.4, 0.5) is 0 Å². The van der Waals surface area contributed by atoms with Gasteiger partial charge in [-0.15, -0.1) is 0 Å². The SMILES string of the molecule is CCc1ccc(CN(C)C(C)C(=O)N2CCN(CC)CC2)cc1. The molecule has 0 radical (unpaired) electrons. The lowest BCUT2D eigenvalue weighted by Crippen LogP contribution is -2.53. The summed E-state index contributed by atoms with van der Waals surface area (Å²) >= 11 is 0. The van der Waals surface area contributed by atoms with E-state index in [0.29, 0.717) is 0 Å². The third-order valence-corrected chi connectivity index (χ3v) is 5.01. The van der Waals surface area contributed by atoms with Crippen molar-refractivity contribution >= 4 is 5.91 Å². The van der Waals surface area contributed by atoms with E-state index in [1.807, 2.05) is 18.9 Å². The maximum absolute atomic E-state index is 12.7. The molecule has 1 unspecified atom stereocenters. The van der Waals surface area contributed by atoms with Crippen molar-refractivity contribution in [1.29, 1.82) is 0 Å². The minimum Gasteiger partial charge on any atom is -0.339 e. The van der Waals surface area contributed by atoms with Crippen LogP contribution in [0.1, 0.15) is 31.9 Å². The molecule has 1 fully saturated rings. The largest absolute Gasteiger partial charge is 0.339 e. The van der Waals surface area contributed by atoms with Crippen molar-refractivity contribution < 1.29 is 4.79 Å². The normalized spacial score (nSPS) is 17.5. The third kappa shape index (κ3) is 4.79. The molecule has 4 nitrogen and oxygen atoms in total. The summed E-state index contributed by atoms with van der Waals surface area (Å²) in [5.74, 6) is 0.258. The van der Waals surface area contributed by atoms with Gasteiger partial charge in [-0.05, 0) is 38.1 Å². The van der Waals surface area contributed by atoms with Crippen LogP contribution in [0.2, 0.25) is 0 Å². The Kier molecular flexibility index (Phi) is 6.60. The Morgan fingerprint density at radius 2 is 1.65 bits per heavy atom. The summed E-state index contributed by atoms with van der Waals surface area (Å²) in [4.78, 5) is 19.3. The molecule has 1 aliphatic rings. The molecule has 128 valence electrons. The molecule has 0 aliphatic carbocycles. The minimum atomic E-state index is -0.0750. The highest BCUT2D eigenvalue weighted by Crippen LogP contribution is 2.12. The Balaban J connectivity index is 1.88. The predicted molar refractivity (Wildman–Crippen MR) is 95.4 cm³/mol. The lowest BCUT2D eigenvalue weighted by atomic mass is 10.1. The average Bonchev–Trinajstić information content (AvgIpc) is 2.61. The van der Waals surface area contributed by atoms with E-state index in [9.17, 15) is 4.79 Å². The molecular formula is C19H31N3O. The number of piperazine rings is 1. The van der Waals surface area contributed by atoms with Crippen LogP contribution in [-0.2, 0) is 17.8 Å². The summed E-state index contributed by atoms with van der Waals surface area (Å²) in [7, 11) is 2.04. The van der Waals surface area contributed by atoms with Crippen LogP contribution in [0.25, 0.3) is 0 Å². The van der Waals surface area contributed by atoms with Gasteiger partial charge in [-0.2, -0.15) is 0 Å². The van der Waals surface area contributed by atoms with Crippen LogP contribution < -0.4 is 0 Å². The van der Waals surface area contributed by atoms with Gasteiger partial charge in [0, 0.05) is 32.7 Å². The maximum atomic E-state index is 12.7. The van der Waals surface area contributed by atoms with E-state index in [0.717, 1.165) is 45.7 Å². The van der Waals surface area contributed by atoms with E-state index in [2.05, 4.69) is 47.9 Å². The van der Waals surface area contributed by atoms with Crippen molar-refractivity contribution in [3.05, 3.63) is 35.4 Å². The summed E-state index contributed by atoms with van der Waals surface area (Å²) in [5, 5.41) is 0. The smallest absolute Gasteiger partial charge is 0.239 e. The van der Waals surface area contributed by atoms with Gasteiger partial charge in [-0.3, -0.25) is 9.69 Å². The molecule has 0 bridgehead atoms. The molecule has 1 saturated heterocycles. The van der Waals surface area contributed by atoms with Crippen LogP contribution >= 0.6 is 0 Å². The average molecular weight is 317 g/mol. The standard InChI is InChI=1S/C19H31N3O/c1-5-17-7-9-18(10-8-17)15-20(4)16(3)19(23)22-13-11-21(6-2)12-14-22/h7-10,16H,5-6,11-15H2,1-4H3. The lowest BCUT2D eigenvalue weighted by Gasteiger charge is -2.37. The van der Waals surface area contributed by atoms with E-state index in [4.69, 9.17) is 0 Å². The fraction of sp³-hybridized carbons (Fsp3) is 0.632. The number of benzene rings is 1. The highest BCUT2D eigenvalue weighted by Gasteiger charge is 2.26. The number of amides is 1. The molecule has 1 amide bonds. The van der Waals surface area contributed by atoms with Crippen molar-refractivity contribution in [2.45, 2.75) is 39.8 Å². The van der Waals surface area contributed by atoms with Crippen molar-refractivity contribution in [2.24, 2.45) is 0 Å². The number of likely N-dealkylation sites (N-methyl/N-ethyl adjacent to an activating group) is 2. The molecule has 1 aromatic rings. The summed E-state index contributed by atoms with van der Waals surface area (Å²) in [6, 6.07) is 8.63. The highest BCUT2D eigenvalue weighted by atomic mass is 16.2. The number of hydrogen-bond acceptors (Lipinski definition) is 3. The fourth-order valence-corrected chi connectivity index (χ4v) is 3.04. The number of carbonyl (C=O) groups is 1. The monoisotopic (exact) mass is 317 g/mol. The van der Waals surface area contributed by atoms with Gasteiger partial charge in [0.2, 0.25) is 5.91 Å². The number of carbonyl (C=O) groups excluding carboxylic acids is 1. The zero-order valence-corrected chi connectivity index (χ0v) is 15.1. The third-order valence-electron chi connectivity index (χ3n) is 5.01. The lowest BCUT2D eigenvalue weighted by molar-refractivity contribution is -0.137. The van der Waals surface area contributed by atoms with Gasteiger partial charge < -0.3 is 9.80 Å². The van der Waals surface area contributed by atoms with E-state index in [1.54, 1.807) is 0 Å². The minimum absolute atomic E-state index is 0.0750. The zero-order valence-electron chi connectivity index (χ0n) is 15.1. The Morgan fingerprint density at radius 3 is 2.17 bits per heavy atom. The zero-order chi connectivity index (χ0) is 16.8. The second kappa shape index (κ2) is 8.46. The quantitative estimate of drug-likeness (QED) is 0.805. The number of aryl methyl sites for hydroxylation is 1. The summed E-state index contributed by atoms with van der Waals surface area (Å²) in [5.41, 5.74) is 2.62. The Labute approximate surface area is 141 Å². The molecule has 1 atom stereocenters. The van der Waals surface area contributed by atoms with Gasteiger partial charge in [0.1, 0.15) is 0 Å². The fourth-order valence-electron chi connectivity index (χ4n) is 3.04. The van der Waals surface area contributed by atoms with E-state index in [-0.39, 0.29) is 11.9 Å². The summed E-state index contributed by atoms with van der Waals surface area (Å²) < 4.78 is 0. The first-order valence-corrected chi connectivity index (χ1v) is 8.84. The summed E-state index contributed by atoms with van der Waals surface area (Å²) in [6.45, 7) is 12.0. The molecule has 0 aromatic heterocycles. The molecule has 2 rings (SSSR count). The van der Waals surface area contributed by atoms with Gasteiger partial charge in [0.25, 0.3) is 0 Å². The predicted octanol–water partition coefficient (Wildman–Crippen LogP) is 2.23. The number of nitrogens with zero attached hydrogens (tertiary/aromatic N) is 3. The molecular weight excluding hydrogens is 286 g/mol. The van der Waals surface area contributed by atoms with Gasteiger partial charge in [-0.25, -0.2) is 0 Å². The van der Waals surface area contributed by atoms with Gasteiger partial charge in [0.05, 0.1) is 6.04 Å².